The molecular formula is C15H28N4S. The minimum atomic E-state index is 0.943. The number of nitrogens with zero attached hydrogens (tertiary/aromatic N) is 3. The Hall–Kier alpha value is -0.810. The van der Waals surface area contributed by atoms with Crippen LogP contribution < -0.4 is 5.32 Å². The lowest BCUT2D eigenvalue weighted by atomic mass is 10.3. The molecule has 0 aliphatic rings. The summed E-state index contributed by atoms with van der Waals surface area (Å²) in [5.74, 6) is 3.00. The van der Waals surface area contributed by atoms with Crippen LogP contribution in [-0.2, 0) is 6.42 Å². The maximum Gasteiger partial charge on any atom is 0.133 e. The molecule has 20 heavy (non-hydrogen) atoms. The maximum absolute atomic E-state index is 4.71. The van der Waals surface area contributed by atoms with E-state index >= 15 is 0 Å². The fraction of sp³-hybridized carbons (Fsp3) is 0.733. The van der Waals surface area contributed by atoms with Gasteiger partial charge in [0.15, 0.2) is 0 Å². The van der Waals surface area contributed by atoms with Crippen LogP contribution in [0.3, 0.4) is 0 Å². The number of aryl methyl sites for hydroxylation is 1. The van der Waals surface area contributed by atoms with Gasteiger partial charge < -0.3 is 10.2 Å². The normalized spacial score (nSPS) is 11.1. The SMILES string of the molecule is CCCc1nc(NC)c(C)c(SCCN(CC)CC)n1. The zero-order valence-electron chi connectivity index (χ0n) is 13.5. The third-order valence-corrected chi connectivity index (χ3v) is 4.46. The van der Waals surface area contributed by atoms with E-state index in [-0.39, 0.29) is 0 Å². The van der Waals surface area contributed by atoms with Crippen molar-refractivity contribution in [2.45, 2.75) is 45.6 Å². The Morgan fingerprint density at radius 1 is 1.15 bits per heavy atom. The Kier molecular flexibility index (Phi) is 7.92. The molecule has 0 saturated heterocycles. The molecule has 0 unspecified atom stereocenters. The summed E-state index contributed by atoms with van der Waals surface area (Å²) in [6.07, 6.45) is 2.02. The molecule has 114 valence electrons. The molecule has 1 N–H and O–H groups in total. The standard InChI is InChI=1S/C15H28N4S/c1-6-9-13-17-14(16-5)12(4)15(18-13)20-11-10-19(7-2)8-3/h6-11H2,1-5H3,(H,16,17,18). The summed E-state index contributed by atoms with van der Waals surface area (Å²) in [6, 6.07) is 0. The van der Waals surface area contributed by atoms with E-state index in [4.69, 9.17) is 4.98 Å². The van der Waals surface area contributed by atoms with Crippen molar-refractivity contribution in [3.05, 3.63) is 11.4 Å². The van der Waals surface area contributed by atoms with Gasteiger partial charge in [0.1, 0.15) is 16.7 Å². The molecule has 0 saturated carbocycles. The Bertz CT molecular complexity index is 405. The van der Waals surface area contributed by atoms with Gasteiger partial charge in [-0.3, -0.25) is 0 Å². The van der Waals surface area contributed by atoms with Gasteiger partial charge in [-0.25, -0.2) is 9.97 Å². The van der Waals surface area contributed by atoms with Gasteiger partial charge >= 0.3 is 0 Å². The monoisotopic (exact) mass is 296 g/mol. The van der Waals surface area contributed by atoms with Crippen LogP contribution in [0.25, 0.3) is 0 Å². The van der Waals surface area contributed by atoms with Crippen molar-refractivity contribution >= 4 is 17.6 Å². The Morgan fingerprint density at radius 3 is 2.40 bits per heavy atom. The van der Waals surface area contributed by atoms with Crippen LogP contribution in [-0.4, -0.2) is 47.3 Å². The van der Waals surface area contributed by atoms with E-state index in [9.17, 15) is 0 Å². The lowest BCUT2D eigenvalue weighted by Gasteiger charge is -2.18. The number of anilines is 1. The predicted octanol–water partition coefficient (Wildman–Crippen LogP) is 3.21. The molecule has 0 aromatic carbocycles. The first-order valence-electron chi connectivity index (χ1n) is 7.56. The van der Waals surface area contributed by atoms with E-state index < -0.39 is 0 Å². The predicted molar refractivity (Wildman–Crippen MR) is 88.8 cm³/mol. The molecule has 1 rings (SSSR count). The molecule has 0 amide bonds. The summed E-state index contributed by atoms with van der Waals surface area (Å²) in [5, 5.41) is 4.31. The van der Waals surface area contributed by atoms with E-state index in [0.29, 0.717) is 0 Å². The average molecular weight is 296 g/mol. The van der Waals surface area contributed by atoms with Crippen molar-refractivity contribution in [3.63, 3.8) is 0 Å². The molecule has 0 bridgehead atoms. The Labute approximate surface area is 127 Å². The maximum atomic E-state index is 4.71. The Balaban J connectivity index is 2.74. The minimum Gasteiger partial charge on any atom is -0.373 e. The second-order valence-corrected chi connectivity index (χ2v) is 5.88. The lowest BCUT2D eigenvalue weighted by Crippen LogP contribution is -2.25. The van der Waals surface area contributed by atoms with Gasteiger partial charge in [0.25, 0.3) is 0 Å². The number of rotatable bonds is 9. The fourth-order valence-corrected chi connectivity index (χ4v) is 3.10. The van der Waals surface area contributed by atoms with E-state index in [1.807, 2.05) is 18.8 Å². The number of thioether (sulfide) groups is 1. The third-order valence-electron chi connectivity index (χ3n) is 3.40. The van der Waals surface area contributed by atoms with Crippen molar-refractivity contribution in [2.24, 2.45) is 0 Å². The van der Waals surface area contributed by atoms with Crippen molar-refractivity contribution in [1.29, 1.82) is 0 Å². The van der Waals surface area contributed by atoms with Crippen molar-refractivity contribution in [2.75, 3.05) is 37.8 Å². The molecule has 0 radical (unpaired) electrons. The second kappa shape index (κ2) is 9.19. The highest BCUT2D eigenvalue weighted by Gasteiger charge is 2.10. The summed E-state index contributed by atoms with van der Waals surface area (Å²) >= 11 is 1.84. The summed E-state index contributed by atoms with van der Waals surface area (Å²) in [5.41, 5.74) is 1.16. The lowest BCUT2D eigenvalue weighted by molar-refractivity contribution is 0.324. The first-order chi connectivity index (χ1) is 9.65. The van der Waals surface area contributed by atoms with Crippen LogP contribution in [0.4, 0.5) is 5.82 Å². The van der Waals surface area contributed by atoms with Crippen LogP contribution in [0.2, 0.25) is 0 Å². The molecule has 0 atom stereocenters. The molecule has 0 aliphatic carbocycles. The summed E-state index contributed by atoms with van der Waals surface area (Å²) in [6.45, 7) is 12.0. The molecule has 0 spiro atoms. The highest BCUT2D eigenvalue weighted by Crippen LogP contribution is 2.25. The van der Waals surface area contributed by atoms with Crippen molar-refractivity contribution in [3.8, 4) is 0 Å². The number of hydrogen-bond acceptors (Lipinski definition) is 5. The van der Waals surface area contributed by atoms with Crippen LogP contribution in [0.5, 0.6) is 0 Å². The van der Waals surface area contributed by atoms with E-state index in [1.165, 1.54) is 0 Å². The van der Waals surface area contributed by atoms with Crippen molar-refractivity contribution < 1.29 is 0 Å². The smallest absolute Gasteiger partial charge is 0.133 e. The quantitative estimate of drug-likeness (QED) is 0.560. The van der Waals surface area contributed by atoms with Crippen LogP contribution >= 0.6 is 11.8 Å². The second-order valence-electron chi connectivity index (χ2n) is 4.79. The van der Waals surface area contributed by atoms with Gasteiger partial charge in [0.2, 0.25) is 0 Å². The fourth-order valence-electron chi connectivity index (χ4n) is 2.07. The molecule has 0 aliphatic heterocycles. The molecule has 4 nitrogen and oxygen atoms in total. The van der Waals surface area contributed by atoms with Crippen molar-refractivity contribution in [1.82, 2.24) is 14.9 Å². The van der Waals surface area contributed by atoms with Gasteiger partial charge in [0, 0.05) is 31.3 Å². The molecule has 5 heteroatoms. The number of nitrogens with one attached hydrogen (secondary N) is 1. The molecule has 1 aromatic rings. The first-order valence-corrected chi connectivity index (χ1v) is 8.55. The average Bonchev–Trinajstić information content (AvgIpc) is 2.46. The van der Waals surface area contributed by atoms with Gasteiger partial charge in [-0.1, -0.05) is 20.8 Å². The summed E-state index contributed by atoms with van der Waals surface area (Å²) in [7, 11) is 1.93. The molecule has 0 fully saturated rings. The van der Waals surface area contributed by atoms with Crippen LogP contribution in [0.1, 0.15) is 38.6 Å². The highest BCUT2D eigenvalue weighted by atomic mass is 32.2. The largest absolute Gasteiger partial charge is 0.373 e. The topological polar surface area (TPSA) is 41.1 Å². The number of aromatic nitrogens is 2. The van der Waals surface area contributed by atoms with Gasteiger partial charge in [-0.05, 0) is 26.4 Å². The number of hydrogen-bond donors (Lipinski definition) is 1. The van der Waals surface area contributed by atoms with Crippen LogP contribution in [0.15, 0.2) is 5.03 Å². The zero-order valence-corrected chi connectivity index (χ0v) is 14.3. The summed E-state index contributed by atoms with van der Waals surface area (Å²) < 4.78 is 0. The minimum absolute atomic E-state index is 0.943. The zero-order chi connectivity index (χ0) is 15.0. The van der Waals surface area contributed by atoms with E-state index in [1.54, 1.807) is 0 Å². The van der Waals surface area contributed by atoms with Crippen LogP contribution in [0, 0.1) is 6.92 Å². The van der Waals surface area contributed by atoms with Gasteiger partial charge in [-0.15, -0.1) is 11.8 Å². The van der Waals surface area contributed by atoms with Gasteiger partial charge in [0.05, 0.1) is 0 Å². The summed E-state index contributed by atoms with van der Waals surface area (Å²) in [4.78, 5) is 11.7. The molecule has 1 aromatic heterocycles. The molecule has 1 heterocycles. The Morgan fingerprint density at radius 2 is 1.85 bits per heavy atom. The third kappa shape index (κ3) is 4.94. The first kappa shape index (κ1) is 17.2. The van der Waals surface area contributed by atoms with E-state index in [2.05, 4.69) is 42.9 Å². The highest BCUT2D eigenvalue weighted by molar-refractivity contribution is 7.99. The van der Waals surface area contributed by atoms with E-state index in [0.717, 1.165) is 60.5 Å². The van der Waals surface area contributed by atoms with Gasteiger partial charge in [-0.2, -0.15) is 0 Å². The molecular weight excluding hydrogens is 268 g/mol.